The van der Waals surface area contributed by atoms with Gasteiger partial charge in [-0.1, -0.05) is 42.5 Å². The van der Waals surface area contributed by atoms with Gasteiger partial charge in [0.15, 0.2) is 0 Å². The molecule has 27 heavy (non-hydrogen) atoms. The maximum atomic E-state index is 12.8. The van der Waals surface area contributed by atoms with Crippen molar-refractivity contribution in [2.45, 2.75) is 0 Å². The number of carboxylic acids is 1. The van der Waals surface area contributed by atoms with Crippen molar-refractivity contribution in [1.82, 2.24) is 9.99 Å². The molecule has 1 aromatic heterocycles. The minimum atomic E-state index is -1.27. The number of carbonyl (C=O) groups excluding carboxylic acids is 1. The van der Waals surface area contributed by atoms with E-state index in [1.807, 2.05) is 18.2 Å². The van der Waals surface area contributed by atoms with Crippen LogP contribution >= 0.6 is 0 Å². The Morgan fingerprint density at radius 3 is 2.44 bits per heavy atom. The molecule has 0 saturated carbocycles. The number of hydrogen-bond acceptors (Lipinski definition) is 5. The Hall–Kier alpha value is -3.94. The highest BCUT2D eigenvalue weighted by Crippen LogP contribution is 2.26. The number of nitrogens with zero attached hydrogens (tertiary/aromatic N) is 2. The van der Waals surface area contributed by atoms with Crippen molar-refractivity contribution in [3.63, 3.8) is 0 Å². The Kier molecular flexibility index (Phi) is 4.98. The van der Waals surface area contributed by atoms with Crippen LogP contribution in [0.2, 0.25) is 0 Å². The van der Waals surface area contributed by atoms with Crippen LogP contribution in [0.3, 0.4) is 0 Å². The maximum Gasteiger partial charge on any atom is 0.322 e. The summed E-state index contributed by atoms with van der Waals surface area (Å²) < 4.78 is 0.998. The zero-order chi connectivity index (χ0) is 19.4. The number of amides is 1. The van der Waals surface area contributed by atoms with E-state index in [-0.39, 0.29) is 5.39 Å². The summed E-state index contributed by atoms with van der Waals surface area (Å²) in [5, 5.41) is 25.6. The monoisotopic (exact) mass is 365 g/mol. The number of pyridine rings is 1. The molecule has 0 unspecified atom stereocenters. The molecule has 2 aromatic carbocycles. The first kappa shape index (κ1) is 17.9. The topological polar surface area (TPSA) is 121 Å². The molecule has 3 rings (SSSR count). The molecule has 0 atom stereocenters. The number of nitrogens with one attached hydrogen (secondary N) is 1. The van der Waals surface area contributed by atoms with Gasteiger partial charge in [-0.05, 0) is 17.7 Å². The van der Waals surface area contributed by atoms with Gasteiger partial charge in [0, 0.05) is 5.39 Å². The number of fused-ring (bicyclic) bond motifs is 1. The zero-order valence-electron chi connectivity index (χ0n) is 14.0. The molecule has 0 saturated heterocycles. The standard InChI is InChI=1S/C19H15N3O5/c23-15(24)11-20-18(26)16-17(25)13-8-4-5-9-14(13)22(19(16)27)21-10-12-6-2-1-3-7-12/h1-10,25H,11H2,(H,20,26)(H,23,24)/b21-10+. The molecule has 0 bridgehead atoms. The molecule has 8 nitrogen and oxygen atoms in total. The zero-order valence-corrected chi connectivity index (χ0v) is 14.0. The summed E-state index contributed by atoms with van der Waals surface area (Å²) in [6, 6.07) is 15.5. The van der Waals surface area contributed by atoms with Crippen LogP contribution in [-0.2, 0) is 4.79 Å². The summed E-state index contributed by atoms with van der Waals surface area (Å²) in [6.07, 6.45) is 1.45. The van der Waals surface area contributed by atoms with E-state index in [1.54, 1.807) is 30.3 Å². The van der Waals surface area contributed by atoms with Crippen LogP contribution in [-0.4, -0.2) is 39.5 Å². The molecule has 0 radical (unpaired) electrons. The van der Waals surface area contributed by atoms with Crippen molar-refractivity contribution in [1.29, 1.82) is 0 Å². The van der Waals surface area contributed by atoms with Crippen LogP contribution in [0.1, 0.15) is 15.9 Å². The lowest BCUT2D eigenvalue weighted by Crippen LogP contribution is -2.35. The predicted octanol–water partition coefficient (Wildman–Crippen LogP) is 1.40. The third kappa shape index (κ3) is 3.69. The van der Waals surface area contributed by atoms with Gasteiger partial charge in [0.1, 0.15) is 17.9 Å². The molecular formula is C19H15N3O5. The average molecular weight is 365 g/mol. The minimum Gasteiger partial charge on any atom is -0.506 e. The molecule has 0 spiro atoms. The second kappa shape index (κ2) is 7.52. The first-order chi connectivity index (χ1) is 13.0. The van der Waals surface area contributed by atoms with Gasteiger partial charge in [0.2, 0.25) is 0 Å². The fraction of sp³-hybridized carbons (Fsp3) is 0.0526. The lowest BCUT2D eigenvalue weighted by molar-refractivity contribution is -0.135. The van der Waals surface area contributed by atoms with Gasteiger partial charge >= 0.3 is 5.97 Å². The van der Waals surface area contributed by atoms with Crippen molar-refractivity contribution >= 4 is 29.0 Å². The maximum absolute atomic E-state index is 12.8. The van der Waals surface area contributed by atoms with E-state index in [0.717, 1.165) is 10.2 Å². The number of hydrogen-bond donors (Lipinski definition) is 3. The number of carboxylic acid groups (broad SMARTS) is 1. The molecular weight excluding hydrogens is 350 g/mol. The Bertz CT molecular complexity index is 1100. The van der Waals surface area contributed by atoms with Gasteiger partial charge in [-0.2, -0.15) is 9.78 Å². The number of aromatic hydroxyl groups is 1. The summed E-state index contributed by atoms with van der Waals surface area (Å²) in [4.78, 5) is 35.7. The number of para-hydroxylation sites is 1. The second-order valence-corrected chi connectivity index (χ2v) is 5.59. The predicted molar refractivity (Wildman–Crippen MR) is 99.3 cm³/mol. The Morgan fingerprint density at radius 1 is 1.07 bits per heavy atom. The van der Waals surface area contributed by atoms with E-state index in [2.05, 4.69) is 10.4 Å². The van der Waals surface area contributed by atoms with E-state index in [1.165, 1.54) is 12.3 Å². The first-order valence-corrected chi connectivity index (χ1v) is 7.95. The van der Waals surface area contributed by atoms with Gasteiger partial charge in [-0.15, -0.1) is 0 Å². The van der Waals surface area contributed by atoms with Crippen molar-refractivity contribution in [3.8, 4) is 5.75 Å². The number of carbonyl (C=O) groups is 2. The Morgan fingerprint density at radius 2 is 1.74 bits per heavy atom. The lowest BCUT2D eigenvalue weighted by atomic mass is 10.1. The molecule has 136 valence electrons. The number of rotatable bonds is 5. The summed E-state index contributed by atoms with van der Waals surface area (Å²) in [5.41, 5.74) is -0.387. The molecule has 0 aliphatic rings. The van der Waals surface area contributed by atoms with Crippen LogP contribution < -0.4 is 10.9 Å². The van der Waals surface area contributed by atoms with Gasteiger partial charge in [0.05, 0.1) is 11.7 Å². The van der Waals surface area contributed by atoms with Crippen molar-refractivity contribution in [2.75, 3.05) is 6.54 Å². The largest absolute Gasteiger partial charge is 0.506 e. The van der Waals surface area contributed by atoms with Gasteiger partial charge < -0.3 is 15.5 Å². The number of benzene rings is 2. The molecule has 1 amide bonds. The van der Waals surface area contributed by atoms with Crippen LogP contribution in [0.15, 0.2) is 64.5 Å². The molecule has 3 N–H and O–H groups in total. The molecule has 8 heteroatoms. The average Bonchev–Trinajstić information content (AvgIpc) is 2.67. The molecule has 0 aliphatic heterocycles. The van der Waals surface area contributed by atoms with E-state index in [0.29, 0.717) is 5.52 Å². The second-order valence-electron chi connectivity index (χ2n) is 5.59. The Labute approximate surface area is 153 Å². The number of aliphatic carboxylic acids is 1. The van der Waals surface area contributed by atoms with Gasteiger partial charge in [0.25, 0.3) is 11.5 Å². The molecule has 0 aliphatic carbocycles. The Balaban J connectivity index is 2.17. The normalized spacial score (nSPS) is 11.0. The molecule has 0 fully saturated rings. The molecule has 1 heterocycles. The highest BCUT2D eigenvalue weighted by Gasteiger charge is 2.22. The smallest absolute Gasteiger partial charge is 0.322 e. The van der Waals surface area contributed by atoms with Crippen LogP contribution in [0, 0.1) is 0 Å². The number of aromatic nitrogens is 1. The van der Waals surface area contributed by atoms with Crippen LogP contribution in [0.4, 0.5) is 0 Å². The van der Waals surface area contributed by atoms with Gasteiger partial charge in [-0.3, -0.25) is 14.4 Å². The van der Waals surface area contributed by atoms with Crippen molar-refractivity contribution in [3.05, 3.63) is 76.1 Å². The quantitative estimate of drug-likeness (QED) is 0.590. The summed E-state index contributed by atoms with van der Waals surface area (Å²) >= 11 is 0. The molecule has 3 aromatic rings. The van der Waals surface area contributed by atoms with Gasteiger partial charge in [-0.25, -0.2) is 0 Å². The highest BCUT2D eigenvalue weighted by molar-refractivity contribution is 6.03. The lowest BCUT2D eigenvalue weighted by Gasteiger charge is -2.11. The minimum absolute atomic E-state index is 0.239. The fourth-order valence-electron chi connectivity index (χ4n) is 2.54. The first-order valence-electron chi connectivity index (χ1n) is 7.95. The summed E-state index contributed by atoms with van der Waals surface area (Å²) in [7, 11) is 0. The van der Waals surface area contributed by atoms with E-state index in [4.69, 9.17) is 5.11 Å². The highest BCUT2D eigenvalue weighted by atomic mass is 16.4. The third-order valence-corrected chi connectivity index (χ3v) is 3.78. The van der Waals surface area contributed by atoms with Crippen LogP contribution in [0.25, 0.3) is 10.9 Å². The van der Waals surface area contributed by atoms with Crippen molar-refractivity contribution in [2.24, 2.45) is 5.10 Å². The van der Waals surface area contributed by atoms with Crippen LogP contribution in [0.5, 0.6) is 5.75 Å². The third-order valence-electron chi connectivity index (χ3n) is 3.78. The summed E-state index contributed by atoms with van der Waals surface area (Å²) in [6.45, 7) is -0.683. The van der Waals surface area contributed by atoms with E-state index < -0.39 is 35.3 Å². The SMILES string of the molecule is O=C(O)CNC(=O)c1c(O)c2ccccc2n(/N=C/c2ccccc2)c1=O. The summed E-state index contributed by atoms with van der Waals surface area (Å²) in [5.74, 6) is -2.79. The fourth-order valence-corrected chi connectivity index (χ4v) is 2.54. The van der Waals surface area contributed by atoms with E-state index >= 15 is 0 Å². The van der Waals surface area contributed by atoms with Crippen molar-refractivity contribution < 1.29 is 19.8 Å². The van der Waals surface area contributed by atoms with E-state index in [9.17, 15) is 19.5 Å².